The van der Waals surface area contributed by atoms with E-state index in [4.69, 9.17) is 32.7 Å². The minimum Gasteiger partial charge on any atom is -0.490 e. The van der Waals surface area contributed by atoms with Crippen LogP contribution in [-0.4, -0.2) is 25.3 Å². The number of amides is 1. The summed E-state index contributed by atoms with van der Waals surface area (Å²) in [5.74, 6) is 0.899. The Kier molecular flexibility index (Phi) is 7.75. The minimum absolute atomic E-state index is 0.265. The maximum atomic E-state index is 12.1. The first kappa shape index (κ1) is 20.1. The van der Waals surface area contributed by atoms with Crippen LogP contribution in [0.25, 0.3) is 0 Å². The van der Waals surface area contributed by atoms with Gasteiger partial charge in [-0.25, -0.2) is 5.43 Å². The fraction of sp³-hybridized carbons (Fsp3) is 0.263. The second-order valence-corrected chi connectivity index (χ2v) is 6.15. The standard InChI is InChI=1S/C19H20Cl2N2O3/c1-3-9-26-17-8-5-13(10-18(17)25-4-2)12-22-23-19(24)15-7-6-14(20)11-16(15)21/h5-8,10-12H,3-4,9H2,1-2H3,(H,23,24)/b22-12+. The zero-order chi connectivity index (χ0) is 18.9. The summed E-state index contributed by atoms with van der Waals surface area (Å²) >= 11 is 11.8. The smallest absolute Gasteiger partial charge is 0.272 e. The number of rotatable bonds is 8. The fourth-order valence-electron chi connectivity index (χ4n) is 2.10. The first-order chi connectivity index (χ1) is 12.5. The molecular weight excluding hydrogens is 375 g/mol. The molecule has 1 amide bonds. The second-order valence-electron chi connectivity index (χ2n) is 5.31. The number of hydrogen-bond donors (Lipinski definition) is 1. The van der Waals surface area contributed by atoms with Crippen molar-refractivity contribution in [3.05, 3.63) is 57.6 Å². The van der Waals surface area contributed by atoms with Gasteiger partial charge in [0.15, 0.2) is 11.5 Å². The summed E-state index contributed by atoms with van der Waals surface area (Å²) < 4.78 is 11.2. The van der Waals surface area contributed by atoms with Gasteiger partial charge in [-0.1, -0.05) is 30.1 Å². The highest BCUT2D eigenvalue weighted by atomic mass is 35.5. The molecule has 7 heteroatoms. The van der Waals surface area contributed by atoms with Crippen LogP contribution in [0, 0.1) is 0 Å². The zero-order valence-corrected chi connectivity index (χ0v) is 16.1. The Balaban J connectivity index is 2.07. The number of carbonyl (C=O) groups is 1. The Morgan fingerprint density at radius 1 is 1.12 bits per heavy atom. The molecular formula is C19H20Cl2N2O3. The van der Waals surface area contributed by atoms with E-state index in [1.807, 2.05) is 26.0 Å². The van der Waals surface area contributed by atoms with Crippen molar-refractivity contribution in [3.63, 3.8) is 0 Å². The van der Waals surface area contributed by atoms with Gasteiger partial charge in [0.1, 0.15) is 0 Å². The molecule has 0 spiro atoms. The number of halogens is 2. The number of hydrazone groups is 1. The minimum atomic E-state index is -0.421. The Bertz CT molecular complexity index is 794. The summed E-state index contributed by atoms with van der Waals surface area (Å²) in [5.41, 5.74) is 3.50. The highest BCUT2D eigenvalue weighted by Crippen LogP contribution is 2.28. The van der Waals surface area contributed by atoms with Crippen LogP contribution in [0.4, 0.5) is 0 Å². The van der Waals surface area contributed by atoms with Crippen LogP contribution >= 0.6 is 23.2 Å². The fourth-order valence-corrected chi connectivity index (χ4v) is 2.60. The lowest BCUT2D eigenvalue weighted by atomic mass is 10.2. The van der Waals surface area contributed by atoms with E-state index < -0.39 is 5.91 Å². The molecule has 138 valence electrons. The lowest BCUT2D eigenvalue weighted by Gasteiger charge is -2.11. The molecule has 0 fully saturated rings. The maximum Gasteiger partial charge on any atom is 0.272 e. The maximum absolute atomic E-state index is 12.1. The molecule has 0 bridgehead atoms. The second kappa shape index (κ2) is 10.0. The third kappa shape index (κ3) is 5.64. The molecule has 2 rings (SSSR count). The average molecular weight is 395 g/mol. The van der Waals surface area contributed by atoms with E-state index >= 15 is 0 Å². The summed E-state index contributed by atoms with van der Waals surface area (Å²) in [5, 5.41) is 4.69. The molecule has 0 radical (unpaired) electrons. The van der Waals surface area contributed by atoms with Crippen molar-refractivity contribution >= 4 is 35.3 Å². The predicted octanol–water partition coefficient (Wildman–Crippen LogP) is 4.94. The number of nitrogens with one attached hydrogen (secondary N) is 1. The molecule has 2 aromatic carbocycles. The molecule has 0 aliphatic heterocycles. The lowest BCUT2D eigenvalue weighted by molar-refractivity contribution is 0.0955. The molecule has 0 aliphatic rings. The van der Waals surface area contributed by atoms with Gasteiger partial charge in [0.2, 0.25) is 0 Å². The van der Waals surface area contributed by atoms with Gasteiger partial charge >= 0.3 is 0 Å². The topological polar surface area (TPSA) is 59.9 Å². The molecule has 1 N–H and O–H groups in total. The van der Waals surface area contributed by atoms with E-state index in [2.05, 4.69) is 10.5 Å². The number of ether oxygens (including phenoxy) is 2. The predicted molar refractivity (Wildman–Crippen MR) is 105 cm³/mol. The number of hydrogen-bond acceptors (Lipinski definition) is 4. The Morgan fingerprint density at radius 2 is 1.92 bits per heavy atom. The van der Waals surface area contributed by atoms with Crippen molar-refractivity contribution in [3.8, 4) is 11.5 Å². The molecule has 0 aromatic heterocycles. The summed E-state index contributed by atoms with van der Waals surface area (Å²) in [4.78, 5) is 12.1. The summed E-state index contributed by atoms with van der Waals surface area (Å²) in [6.07, 6.45) is 2.43. The third-order valence-electron chi connectivity index (χ3n) is 3.28. The number of carbonyl (C=O) groups excluding carboxylic acids is 1. The van der Waals surface area contributed by atoms with E-state index in [-0.39, 0.29) is 5.02 Å². The molecule has 5 nitrogen and oxygen atoms in total. The van der Waals surface area contributed by atoms with Crippen molar-refractivity contribution < 1.29 is 14.3 Å². The molecule has 26 heavy (non-hydrogen) atoms. The highest BCUT2D eigenvalue weighted by Gasteiger charge is 2.10. The molecule has 0 heterocycles. The van der Waals surface area contributed by atoms with Crippen LogP contribution in [0.5, 0.6) is 11.5 Å². The molecule has 0 aliphatic carbocycles. The van der Waals surface area contributed by atoms with Crippen LogP contribution in [0.2, 0.25) is 10.0 Å². The molecule has 0 unspecified atom stereocenters. The third-order valence-corrected chi connectivity index (χ3v) is 3.83. The van der Waals surface area contributed by atoms with Gasteiger partial charge in [-0.15, -0.1) is 0 Å². The molecule has 0 saturated heterocycles. The van der Waals surface area contributed by atoms with E-state index in [0.717, 1.165) is 12.0 Å². The van der Waals surface area contributed by atoms with Crippen LogP contribution in [0.1, 0.15) is 36.2 Å². The van der Waals surface area contributed by atoms with Crippen LogP contribution in [-0.2, 0) is 0 Å². The largest absolute Gasteiger partial charge is 0.490 e. The Hall–Kier alpha value is -2.24. The molecule has 0 atom stereocenters. The van der Waals surface area contributed by atoms with Gasteiger partial charge in [-0.05, 0) is 55.3 Å². The van der Waals surface area contributed by atoms with E-state index in [1.165, 1.54) is 12.3 Å². The highest BCUT2D eigenvalue weighted by molar-refractivity contribution is 6.36. The van der Waals surface area contributed by atoms with E-state index in [1.54, 1.807) is 18.2 Å². The van der Waals surface area contributed by atoms with Gasteiger partial charge in [0.05, 0.1) is 30.0 Å². The van der Waals surface area contributed by atoms with E-state index in [9.17, 15) is 4.79 Å². The molecule has 0 saturated carbocycles. The summed E-state index contributed by atoms with van der Waals surface area (Å²) in [6.45, 7) is 5.08. The monoisotopic (exact) mass is 394 g/mol. The van der Waals surface area contributed by atoms with Crippen LogP contribution in [0.3, 0.4) is 0 Å². The Morgan fingerprint density at radius 3 is 2.62 bits per heavy atom. The van der Waals surface area contributed by atoms with Gasteiger partial charge < -0.3 is 9.47 Å². The van der Waals surface area contributed by atoms with Crippen molar-refractivity contribution in [2.45, 2.75) is 20.3 Å². The van der Waals surface area contributed by atoms with Crippen molar-refractivity contribution in [2.75, 3.05) is 13.2 Å². The van der Waals surface area contributed by atoms with E-state index in [0.29, 0.717) is 35.3 Å². The normalized spacial score (nSPS) is 10.8. The van der Waals surface area contributed by atoms with Gasteiger partial charge in [-0.2, -0.15) is 5.10 Å². The van der Waals surface area contributed by atoms with Crippen molar-refractivity contribution in [1.29, 1.82) is 0 Å². The first-order valence-corrected chi connectivity index (χ1v) is 8.98. The lowest BCUT2D eigenvalue weighted by Crippen LogP contribution is -2.18. The quantitative estimate of drug-likeness (QED) is 0.509. The summed E-state index contributed by atoms with van der Waals surface area (Å²) in [7, 11) is 0. The number of nitrogens with zero attached hydrogens (tertiary/aromatic N) is 1. The number of benzene rings is 2. The van der Waals surface area contributed by atoms with Gasteiger partial charge in [0, 0.05) is 5.02 Å². The summed E-state index contributed by atoms with van der Waals surface area (Å²) in [6, 6.07) is 10.1. The SMILES string of the molecule is CCCOc1ccc(/C=N/NC(=O)c2ccc(Cl)cc2Cl)cc1OCC. The van der Waals surface area contributed by atoms with Crippen molar-refractivity contribution in [1.82, 2.24) is 5.43 Å². The first-order valence-electron chi connectivity index (χ1n) is 8.23. The van der Waals surface area contributed by atoms with Crippen LogP contribution < -0.4 is 14.9 Å². The molecule has 2 aromatic rings. The zero-order valence-electron chi connectivity index (χ0n) is 14.6. The van der Waals surface area contributed by atoms with Gasteiger partial charge in [0.25, 0.3) is 5.91 Å². The van der Waals surface area contributed by atoms with Crippen molar-refractivity contribution in [2.24, 2.45) is 5.10 Å². The van der Waals surface area contributed by atoms with Crippen LogP contribution in [0.15, 0.2) is 41.5 Å². The average Bonchev–Trinajstić information content (AvgIpc) is 2.61. The van der Waals surface area contributed by atoms with Gasteiger partial charge in [-0.3, -0.25) is 4.79 Å². The Labute approximate surface area is 162 Å².